The lowest BCUT2D eigenvalue weighted by Gasteiger charge is -2.29. The fourth-order valence-corrected chi connectivity index (χ4v) is 3.38. The Kier molecular flexibility index (Phi) is 3.03. The van der Waals surface area contributed by atoms with Crippen molar-refractivity contribution in [3.05, 3.63) is 23.3 Å². The standard InChI is InChI=1S/C15H22O2/c1-9(2)12-8-13-11(5-6-15(13,4)17)10(3)7-14(12)16/h11,13,17H,3,5-8H2,1-2,4H3/t11-,13-,15-/m0/s1. The molecule has 1 N–H and O–H groups in total. The Morgan fingerprint density at radius 1 is 1.47 bits per heavy atom. The zero-order chi connectivity index (χ0) is 12.8. The van der Waals surface area contributed by atoms with E-state index in [2.05, 4.69) is 6.58 Å². The summed E-state index contributed by atoms with van der Waals surface area (Å²) < 4.78 is 0. The van der Waals surface area contributed by atoms with E-state index in [0.29, 0.717) is 12.3 Å². The summed E-state index contributed by atoms with van der Waals surface area (Å²) in [6.07, 6.45) is 2.99. The van der Waals surface area contributed by atoms with Gasteiger partial charge in [0.2, 0.25) is 0 Å². The van der Waals surface area contributed by atoms with Crippen LogP contribution in [-0.4, -0.2) is 16.5 Å². The maximum Gasteiger partial charge on any atom is 0.162 e. The van der Waals surface area contributed by atoms with Crippen molar-refractivity contribution >= 4 is 5.78 Å². The Labute approximate surface area is 103 Å². The molecule has 0 aliphatic heterocycles. The second-order valence-electron chi connectivity index (χ2n) is 6.05. The number of Topliss-reactive ketones (excluding diaryl/α,β-unsaturated/α-hetero) is 1. The third-order valence-electron chi connectivity index (χ3n) is 4.52. The van der Waals surface area contributed by atoms with Crippen molar-refractivity contribution in [1.82, 2.24) is 0 Å². The molecule has 0 saturated heterocycles. The Balaban J connectivity index is 2.40. The Hall–Kier alpha value is -0.890. The maximum atomic E-state index is 12.1. The van der Waals surface area contributed by atoms with Crippen molar-refractivity contribution < 1.29 is 9.90 Å². The van der Waals surface area contributed by atoms with Crippen molar-refractivity contribution in [3.8, 4) is 0 Å². The largest absolute Gasteiger partial charge is 0.390 e. The molecular weight excluding hydrogens is 212 g/mol. The highest BCUT2D eigenvalue weighted by Crippen LogP contribution is 2.49. The average Bonchev–Trinajstić information content (AvgIpc) is 2.41. The van der Waals surface area contributed by atoms with Gasteiger partial charge in [-0.1, -0.05) is 17.7 Å². The molecule has 0 amide bonds. The number of carbonyl (C=O) groups excluding carboxylic acids is 1. The summed E-state index contributed by atoms with van der Waals surface area (Å²) in [5.74, 6) is 0.706. The number of aliphatic hydroxyl groups is 1. The Morgan fingerprint density at radius 3 is 2.71 bits per heavy atom. The van der Waals surface area contributed by atoms with Crippen molar-refractivity contribution in [2.75, 3.05) is 0 Å². The summed E-state index contributed by atoms with van der Waals surface area (Å²) in [6, 6.07) is 0. The minimum atomic E-state index is -0.640. The predicted octanol–water partition coefficient (Wildman–Crippen LogP) is 3.02. The molecule has 2 rings (SSSR count). The molecule has 2 aliphatic rings. The number of allylic oxidation sites excluding steroid dienone is 3. The molecule has 0 unspecified atom stereocenters. The van der Waals surface area contributed by atoms with E-state index in [1.54, 1.807) is 0 Å². The van der Waals surface area contributed by atoms with Gasteiger partial charge in [0.1, 0.15) is 0 Å². The zero-order valence-corrected chi connectivity index (χ0v) is 11.0. The molecule has 2 saturated carbocycles. The smallest absolute Gasteiger partial charge is 0.162 e. The molecule has 0 heterocycles. The van der Waals surface area contributed by atoms with Crippen molar-refractivity contribution in [2.45, 2.75) is 52.1 Å². The summed E-state index contributed by atoms with van der Waals surface area (Å²) in [5.41, 5.74) is 2.39. The van der Waals surface area contributed by atoms with Crippen LogP contribution in [0.4, 0.5) is 0 Å². The molecule has 0 aromatic carbocycles. The van der Waals surface area contributed by atoms with Gasteiger partial charge >= 0.3 is 0 Å². The summed E-state index contributed by atoms with van der Waals surface area (Å²) in [5, 5.41) is 10.4. The highest BCUT2D eigenvalue weighted by atomic mass is 16.3. The van der Waals surface area contributed by atoms with E-state index in [-0.39, 0.29) is 11.7 Å². The van der Waals surface area contributed by atoms with Crippen LogP contribution in [0, 0.1) is 11.8 Å². The zero-order valence-electron chi connectivity index (χ0n) is 11.0. The highest BCUT2D eigenvalue weighted by molar-refractivity contribution is 5.98. The first-order valence-corrected chi connectivity index (χ1v) is 6.42. The maximum absolute atomic E-state index is 12.1. The van der Waals surface area contributed by atoms with E-state index in [4.69, 9.17) is 0 Å². The summed E-state index contributed by atoms with van der Waals surface area (Å²) in [7, 11) is 0. The van der Waals surface area contributed by atoms with Crippen molar-refractivity contribution in [1.29, 1.82) is 0 Å². The van der Waals surface area contributed by atoms with Gasteiger partial charge in [-0.05, 0) is 57.4 Å². The minimum absolute atomic E-state index is 0.173. The lowest BCUT2D eigenvalue weighted by atomic mass is 9.81. The molecule has 0 aromatic rings. The van der Waals surface area contributed by atoms with Crippen LogP contribution in [0.15, 0.2) is 23.3 Å². The fraction of sp³-hybridized carbons (Fsp3) is 0.667. The van der Waals surface area contributed by atoms with Gasteiger partial charge in [-0.25, -0.2) is 0 Å². The minimum Gasteiger partial charge on any atom is -0.390 e. The van der Waals surface area contributed by atoms with Crippen molar-refractivity contribution in [2.24, 2.45) is 11.8 Å². The lowest BCUT2D eigenvalue weighted by Crippen LogP contribution is -2.32. The molecule has 17 heavy (non-hydrogen) atoms. The molecule has 0 aromatic heterocycles. The van der Waals surface area contributed by atoms with E-state index in [9.17, 15) is 9.90 Å². The molecule has 2 aliphatic carbocycles. The second kappa shape index (κ2) is 4.09. The molecule has 0 bridgehead atoms. The van der Waals surface area contributed by atoms with E-state index >= 15 is 0 Å². The van der Waals surface area contributed by atoms with Crippen LogP contribution in [0.5, 0.6) is 0 Å². The SMILES string of the molecule is C=C1CC(=O)C(=C(C)C)C[C@H]2[C@H]1CC[C@]2(C)O. The van der Waals surface area contributed by atoms with Gasteiger partial charge in [-0.3, -0.25) is 4.79 Å². The van der Waals surface area contributed by atoms with Gasteiger partial charge in [-0.2, -0.15) is 0 Å². The molecule has 94 valence electrons. The van der Waals surface area contributed by atoms with E-state index in [1.165, 1.54) is 0 Å². The number of hydrogen-bond donors (Lipinski definition) is 1. The lowest BCUT2D eigenvalue weighted by molar-refractivity contribution is -0.115. The summed E-state index contributed by atoms with van der Waals surface area (Å²) in [6.45, 7) is 9.95. The number of rotatable bonds is 0. The fourth-order valence-electron chi connectivity index (χ4n) is 3.38. The number of hydrogen-bond acceptors (Lipinski definition) is 2. The van der Waals surface area contributed by atoms with Gasteiger partial charge in [0.25, 0.3) is 0 Å². The number of carbonyl (C=O) groups is 1. The summed E-state index contributed by atoms with van der Waals surface area (Å²) in [4.78, 5) is 12.1. The first-order chi connectivity index (χ1) is 7.83. The van der Waals surface area contributed by atoms with Crippen LogP contribution >= 0.6 is 0 Å². The van der Waals surface area contributed by atoms with E-state index < -0.39 is 5.60 Å². The van der Waals surface area contributed by atoms with Crippen LogP contribution in [0.1, 0.15) is 46.5 Å². The third-order valence-corrected chi connectivity index (χ3v) is 4.52. The normalized spacial score (nSPS) is 38.0. The second-order valence-corrected chi connectivity index (χ2v) is 6.05. The van der Waals surface area contributed by atoms with Gasteiger partial charge in [-0.15, -0.1) is 0 Å². The molecule has 2 fully saturated rings. The topological polar surface area (TPSA) is 37.3 Å². The molecule has 0 spiro atoms. The first-order valence-electron chi connectivity index (χ1n) is 6.42. The third kappa shape index (κ3) is 2.11. The quantitative estimate of drug-likeness (QED) is 0.517. The molecular formula is C15H22O2. The Morgan fingerprint density at radius 2 is 2.12 bits per heavy atom. The highest BCUT2D eigenvalue weighted by Gasteiger charge is 2.47. The van der Waals surface area contributed by atoms with Crippen LogP contribution < -0.4 is 0 Å². The monoisotopic (exact) mass is 234 g/mol. The summed E-state index contributed by atoms with van der Waals surface area (Å²) >= 11 is 0. The molecule has 0 radical (unpaired) electrons. The molecule has 2 nitrogen and oxygen atoms in total. The number of fused-ring (bicyclic) bond motifs is 1. The average molecular weight is 234 g/mol. The van der Waals surface area contributed by atoms with Crippen LogP contribution in [-0.2, 0) is 4.79 Å². The number of ketones is 1. The van der Waals surface area contributed by atoms with Crippen LogP contribution in [0.2, 0.25) is 0 Å². The van der Waals surface area contributed by atoms with Gasteiger partial charge in [0.05, 0.1) is 5.60 Å². The van der Waals surface area contributed by atoms with Gasteiger partial charge in [0, 0.05) is 6.42 Å². The predicted molar refractivity (Wildman–Crippen MR) is 68.6 cm³/mol. The Bertz CT molecular complexity index is 397. The van der Waals surface area contributed by atoms with E-state index in [1.807, 2.05) is 20.8 Å². The molecule has 3 atom stereocenters. The molecule has 2 heteroatoms. The van der Waals surface area contributed by atoms with Gasteiger partial charge < -0.3 is 5.11 Å². The first kappa shape index (κ1) is 12.6. The van der Waals surface area contributed by atoms with Crippen molar-refractivity contribution in [3.63, 3.8) is 0 Å². The van der Waals surface area contributed by atoms with Gasteiger partial charge in [0.15, 0.2) is 5.78 Å². The van der Waals surface area contributed by atoms with Crippen LogP contribution in [0.25, 0.3) is 0 Å². The van der Waals surface area contributed by atoms with E-state index in [0.717, 1.165) is 36.0 Å². The van der Waals surface area contributed by atoms with Crippen LogP contribution in [0.3, 0.4) is 0 Å².